The molecule has 0 atom stereocenters. The fraction of sp³-hybridized carbons (Fsp3) is 0.529. The van der Waals surface area contributed by atoms with Crippen molar-refractivity contribution in [2.45, 2.75) is 51.4 Å². The highest BCUT2D eigenvalue weighted by Gasteiger charge is 2.36. The second-order valence-electron chi connectivity index (χ2n) is 6.20. The molecule has 1 aromatic carbocycles. The Morgan fingerprint density at radius 3 is 2.70 bits per heavy atom. The maximum atomic E-state index is 9.04. The van der Waals surface area contributed by atoms with Crippen LogP contribution in [0.4, 0.5) is 0 Å². The average Bonchev–Trinajstić information content (AvgIpc) is 2.59. The number of fused-ring (bicyclic) bond motifs is 1. The second-order valence-corrected chi connectivity index (χ2v) is 7.11. The molecule has 0 heterocycles. The van der Waals surface area contributed by atoms with E-state index in [0.717, 1.165) is 23.0 Å². The van der Waals surface area contributed by atoms with Crippen molar-refractivity contribution in [2.24, 2.45) is 10.4 Å². The van der Waals surface area contributed by atoms with Crippen molar-refractivity contribution in [3.8, 4) is 6.19 Å². The monoisotopic (exact) mass is 330 g/mol. The Morgan fingerprint density at radius 1 is 1.15 bits per heavy atom. The molecule has 104 valence electrons. The van der Waals surface area contributed by atoms with Gasteiger partial charge in [0, 0.05) is 10.0 Å². The molecule has 1 saturated carbocycles. The predicted molar refractivity (Wildman–Crippen MR) is 84.7 cm³/mol. The first kappa shape index (κ1) is 13.8. The zero-order chi connectivity index (χ0) is 14.0. The van der Waals surface area contributed by atoms with Gasteiger partial charge in [0.2, 0.25) is 6.19 Å². The molecule has 3 rings (SSSR count). The first-order valence-corrected chi connectivity index (χ1v) is 8.26. The zero-order valence-electron chi connectivity index (χ0n) is 11.7. The van der Waals surface area contributed by atoms with Crippen molar-refractivity contribution in [3.05, 3.63) is 33.8 Å². The molecule has 0 N–H and O–H groups in total. The Balaban J connectivity index is 2.02. The summed E-state index contributed by atoms with van der Waals surface area (Å²) < 4.78 is 1.07. The molecule has 0 unspecified atom stereocenters. The number of halogens is 1. The fourth-order valence-electron chi connectivity index (χ4n) is 3.86. The third-order valence-electron chi connectivity index (χ3n) is 4.95. The number of nitriles is 1. The molecule has 20 heavy (non-hydrogen) atoms. The molecule has 0 aliphatic heterocycles. The van der Waals surface area contributed by atoms with Gasteiger partial charge in [0.1, 0.15) is 0 Å². The average molecular weight is 331 g/mol. The van der Waals surface area contributed by atoms with Gasteiger partial charge in [-0.05, 0) is 55.2 Å². The number of aryl methyl sites for hydroxylation is 1. The first-order valence-electron chi connectivity index (χ1n) is 7.47. The Labute approximate surface area is 129 Å². The van der Waals surface area contributed by atoms with Crippen molar-refractivity contribution < 1.29 is 0 Å². The van der Waals surface area contributed by atoms with Crippen LogP contribution in [0.3, 0.4) is 0 Å². The van der Waals surface area contributed by atoms with Crippen LogP contribution >= 0.6 is 15.9 Å². The molecule has 3 heteroatoms. The van der Waals surface area contributed by atoms with Crippen molar-refractivity contribution in [3.63, 3.8) is 0 Å². The fourth-order valence-corrected chi connectivity index (χ4v) is 4.22. The molecular formula is C17H19BrN2. The molecule has 2 aliphatic rings. The lowest BCUT2D eigenvalue weighted by Gasteiger charge is -2.36. The normalized spacial score (nSPS) is 23.1. The minimum atomic E-state index is 0.388. The summed E-state index contributed by atoms with van der Waals surface area (Å²) in [5, 5.41) is 9.04. The summed E-state index contributed by atoms with van der Waals surface area (Å²) in [5.41, 5.74) is 3.93. The molecule has 0 aromatic heterocycles. The van der Waals surface area contributed by atoms with Crippen LogP contribution < -0.4 is 0 Å². The lowest BCUT2D eigenvalue weighted by atomic mass is 9.69. The third kappa shape index (κ3) is 2.67. The Morgan fingerprint density at radius 2 is 1.95 bits per heavy atom. The number of hydrogen-bond acceptors (Lipinski definition) is 2. The molecule has 2 aliphatic carbocycles. The van der Waals surface area contributed by atoms with Crippen LogP contribution in [0.15, 0.2) is 27.7 Å². The minimum Gasteiger partial charge on any atom is -0.178 e. The van der Waals surface area contributed by atoms with E-state index in [-0.39, 0.29) is 0 Å². The van der Waals surface area contributed by atoms with Gasteiger partial charge in [0.05, 0.1) is 5.71 Å². The summed E-state index contributed by atoms with van der Waals surface area (Å²) in [6.07, 6.45) is 12.0. The highest BCUT2D eigenvalue weighted by molar-refractivity contribution is 9.10. The minimum absolute atomic E-state index is 0.388. The molecule has 1 aromatic rings. The van der Waals surface area contributed by atoms with E-state index in [1.54, 1.807) is 0 Å². The van der Waals surface area contributed by atoms with Crippen LogP contribution in [0.25, 0.3) is 0 Å². The maximum absolute atomic E-state index is 9.04. The van der Waals surface area contributed by atoms with Gasteiger partial charge in [-0.25, -0.2) is 0 Å². The van der Waals surface area contributed by atoms with Gasteiger partial charge in [-0.3, -0.25) is 0 Å². The topological polar surface area (TPSA) is 36.1 Å². The van der Waals surface area contributed by atoms with Gasteiger partial charge in [0.25, 0.3) is 0 Å². The molecule has 1 spiro atoms. The molecule has 0 radical (unpaired) electrons. The lowest BCUT2D eigenvalue weighted by molar-refractivity contribution is 0.184. The van der Waals surface area contributed by atoms with Crippen LogP contribution in [0.1, 0.15) is 56.1 Å². The molecule has 0 bridgehead atoms. The van der Waals surface area contributed by atoms with Crippen LogP contribution in [0.5, 0.6) is 0 Å². The largest absolute Gasteiger partial charge is 0.205 e. The number of aliphatic imine (C=N–C) groups is 1. The molecule has 0 amide bonds. The van der Waals surface area contributed by atoms with Gasteiger partial charge in [-0.2, -0.15) is 10.3 Å². The second kappa shape index (κ2) is 5.69. The summed E-state index contributed by atoms with van der Waals surface area (Å²) in [5.74, 6) is 0. The van der Waals surface area contributed by atoms with Crippen molar-refractivity contribution in [2.75, 3.05) is 0 Å². The first-order chi connectivity index (χ1) is 9.72. The smallest absolute Gasteiger partial charge is 0.178 e. The SMILES string of the molecule is N#CN=C1CC2(CCCCC2)CCc2ccc(Br)cc21. The summed E-state index contributed by atoms with van der Waals surface area (Å²) in [6, 6.07) is 6.42. The number of rotatable bonds is 0. The van der Waals surface area contributed by atoms with E-state index in [1.165, 1.54) is 49.7 Å². The quantitative estimate of drug-likeness (QED) is 0.616. The van der Waals surface area contributed by atoms with Crippen LogP contribution in [-0.2, 0) is 6.42 Å². The maximum Gasteiger partial charge on any atom is 0.205 e. The predicted octanol–water partition coefficient (Wildman–Crippen LogP) is 5.01. The zero-order valence-corrected chi connectivity index (χ0v) is 13.2. The van der Waals surface area contributed by atoms with E-state index in [1.807, 2.05) is 6.19 Å². The van der Waals surface area contributed by atoms with Crippen molar-refractivity contribution in [1.29, 1.82) is 5.26 Å². The Bertz CT molecular complexity index is 577. The highest BCUT2D eigenvalue weighted by Crippen LogP contribution is 2.46. The molecule has 0 saturated heterocycles. The van der Waals surface area contributed by atoms with Crippen molar-refractivity contribution >= 4 is 21.6 Å². The summed E-state index contributed by atoms with van der Waals surface area (Å²) >= 11 is 3.54. The number of nitrogens with zero attached hydrogens (tertiary/aromatic N) is 2. The van der Waals surface area contributed by atoms with E-state index in [4.69, 9.17) is 5.26 Å². The van der Waals surface area contributed by atoms with E-state index in [9.17, 15) is 0 Å². The highest BCUT2D eigenvalue weighted by atomic mass is 79.9. The summed E-state index contributed by atoms with van der Waals surface area (Å²) in [7, 11) is 0. The van der Waals surface area contributed by atoms with E-state index in [2.05, 4.69) is 39.1 Å². The molecule has 1 fully saturated rings. The third-order valence-corrected chi connectivity index (χ3v) is 5.44. The Kier molecular flexibility index (Phi) is 3.94. The van der Waals surface area contributed by atoms with Crippen LogP contribution in [0, 0.1) is 16.9 Å². The standard InChI is InChI=1S/C17H19BrN2/c18-14-5-4-13-6-9-17(7-2-1-3-8-17)11-16(20-12-19)15(13)10-14/h4-5,10H,1-3,6-9,11H2. The van der Waals surface area contributed by atoms with Gasteiger partial charge >= 0.3 is 0 Å². The van der Waals surface area contributed by atoms with E-state index in [0.29, 0.717) is 5.41 Å². The van der Waals surface area contributed by atoms with Crippen LogP contribution in [-0.4, -0.2) is 5.71 Å². The van der Waals surface area contributed by atoms with Crippen molar-refractivity contribution in [1.82, 2.24) is 0 Å². The van der Waals surface area contributed by atoms with Gasteiger partial charge in [-0.1, -0.05) is 41.3 Å². The number of benzene rings is 1. The van der Waals surface area contributed by atoms with Gasteiger partial charge in [-0.15, -0.1) is 0 Å². The number of hydrogen-bond donors (Lipinski definition) is 0. The molecule has 2 nitrogen and oxygen atoms in total. The summed E-state index contributed by atoms with van der Waals surface area (Å²) in [6.45, 7) is 0. The molecular weight excluding hydrogens is 312 g/mol. The van der Waals surface area contributed by atoms with E-state index >= 15 is 0 Å². The van der Waals surface area contributed by atoms with E-state index < -0.39 is 0 Å². The van der Waals surface area contributed by atoms with Crippen LogP contribution in [0.2, 0.25) is 0 Å². The summed E-state index contributed by atoms with van der Waals surface area (Å²) in [4.78, 5) is 4.18. The Hall–Kier alpha value is -1.14. The van der Waals surface area contributed by atoms with Gasteiger partial charge < -0.3 is 0 Å². The van der Waals surface area contributed by atoms with Gasteiger partial charge in [0.15, 0.2) is 0 Å². The lowest BCUT2D eigenvalue weighted by Crippen LogP contribution is -2.26.